The Morgan fingerprint density at radius 1 is 1.00 bits per heavy atom. The zero-order chi connectivity index (χ0) is 11.5. The van der Waals surface area contributed by atoms with Crippen LogP contribution in [0.2, 0.25) is 0 Å². The molecule has 0 saturated heterocycles. The Balaban J connectivity index is 2.38. The van der Waals surface area contributed by atoms with Gasteiger partial charge in [-0.25, -0.2) is 0 Å². The lowest BCUT2D eigenvalue weighted by Gasteiger charge is -1.99. The molecule has 0 spiro atoms. The van der Waals surface area contributed by atoms with Gasteiger partial charge in [0.05, 0.1) is 4.92 Å². The summed E-state index contributed by atoms with van der Waals surface area (Å²) in [6, 6.07) is 9.23. The van der Waals surface area contributed by atoms with Crippen LogP contribution in [0.1, 0.15) is 0 Å². The Morgan fingerprint density at radius 2 is 1.62 bits per heavy atom. The van der Waals surface area contributed by atoms with E-state index in [0.29, 0.717) is 0 Å². The highest BCUT2D eigenvalue weighted by Crippen LogP contribution is 2.20. The molecule has 0 amide bonds. The third kappa shape index (κ3) is 1.98. The Morgan fingerprint density at radius 3 is 2.12 bits per heavy atom. The fraction of sp³-hybridized carbons (Fsp3) is 0. The van der Waals surface area contributed by atoms with E-state index in [9.17, 15) is 14.9 Å². The zero-order valence-corrected chi connectivity index (χ0v) is 8.21. The lowest BCUT2D eigenvalue weighted by molar-refractivity contribution is -0.384. The minimum absolute atomic E-state index is 0.0492. The van der Waals surface area contributed by atoms with Crippen molar-refractivity contribution < 1.29 is 4.92 Å². The van der Waals surface area contributed by atoms with Crippen molar-refractivity contribution in [3.8, 4) is 11.1 Å². The minimum atomic E-state index is -0.448. The molecule has 0 unspecified atom stereocenters. The van der Waals surface area contributed by atoms with E-state index < -0.39 is 4.92 Å². The number of benzene rings is 1. The average molecular weight is 216 g/mol. The molecule has 80 valence electrons. The molecule has 5 nitrogen and oxygen atoms in total. The van der Waals surface area contributed by atoms with E-state index in [0.717, 1.165) is 11.1 Å². The number of H-pyrrole nitrogens is 1. The minimum Gasteiger partial charge on any atom is -0.328 e. The first kappa shape index (κ1) is 10.1. The second kappa shape index (κ2) is 3.98. The number of rotatable bonds is 2. The number of non-ortho nitro benzene ring substituents is 1. The number of pyridine rings is 1. The summed E-state index contributed by atoms with van der Waals surface area (Å²) < 4.78 is 0. The lowest BCUT2D eigenvalue weighted by Crippen LogP contribution is -2.01. The topological polar surface area (TPSA) is 76.0 Å². The number of hydrogen-bond acceptors (Lipinski definition) is 3. The van der Waals surface area contributed by atoms with Crippen molar-refractivity contribution in [2.24, 2.45) is 0 Å². The molecule has 1 aromatic carbocycles. The molecule has 1 heterocycles. The lowest BCUT2D eigenvalue weighted by atomic mass is 10.1. The average Bonchev–Trinajstić information content (AvgIpc) is 2.30. The fourth-order valence-corrected chi connectivity index (χ4v) is 1.37. The smallest absolute Gasteiger partial charge is 0.269 e. The number of hydrogen-bond donors (Lipinski definition) is 1. The molecular formula is C11H8N2O3. The summed E-state index contributed by atoms with van der Waals surface area (Å²) in [6.45, 7) is 0. The van der Waals surface area contributed by atoms with Gasteiger partial charge < -0.3 is 4.98 Å². The molecule has 2 aromatic rings. The van der Waals surface area contributed by atoms with Crippen molar-refractivity contribution in [1.29, 1.82) is 0 Å². The molecule has 0 atom stereocenters. The van der Waals surface area contributed by atoms with Crippen LogP contribution in [0.5, 0.6) is 0 Å². The van der Waals surface area contributed by atoms with Crippen LogP contribution < -0.4 is 5.56 Å². The van der Waals surface area contributed by atoms with Crippen molar-refractivity contribution in [2.75, 3.05) is 0 Å². The number of nitro benzene ring substituents is 1. The molecule has 1 aromatic heterocycles. The Bertz CT molecular complexity index is 552. The van der Waals surface area contributed by atoms with Crippen LogP contribution in [-0.2, 0) is 0 Å². The molecular weight excluding hydrogens is 208 g/mol. The number of nitrogens with zero attached hydrogens (tertiary/aromatic N) is 1. The Kier molecular flexibility index (Phi) is 2.51. The summed E-state index contributed by atoms with van der Waals surface area (Å²) in [5.74, 6) is 0. The maximum absolute atomic E-state index is 10.9. The number of aromatic amines is 1. The first-order valence-corrected chi connectivity index (χ1v) is 4.60. The largest absolute Gasteiger partial charge is 0.328 e. The molecule has 16 heavy (non-hydrogen) atoms. The van der Waals surface area contributed by atoms with Crippen molar-refractivity contribution >= 4 is 5.69 Å². The van der Waals surface area contributed by atoms with E-state index in [1.54, 1.807) is 24.4 Å². The second-order valence-electron chi connectivity index (χ2n) is 3.25. The standard InChI is InChI=1S/C11H8N2O3/c14-11-6-3-9(7-12-11)8-1-4-10(5-2-8)13(15)16/h1-7H,(H,12,14). The van der Waals surface area contributed by atoms with Crippen molar-refractivity contribution in [2.45, 2.75) is 0 Å². The predicted octanol–water partition coefficient (Wildman–Crippen LogP) is 1.95. The van der Waals surface area contributed by atoms with Crippen LogP contribution in [0.25, 0.3) is 11.1 Å². The summed E-state index contributed by atoms with van der Waals surface area (Å²) in [4.78, 5) is 23.4. The van der Waals surface area contributed by atoms with Gasteiger partial charge in [-0.2, -0.15) is 0 Å². The molecule has 0 aliphatic rings. The van der Waals surface area contributed by atoms with Crippen molar-refractivity contribution in [1.82, 2.24) is 4.98 Å². The summed E-state index contributed by atoms with van der Waals surface area (Å²) in [5, 5.41) is 10.5. The molecule has 0 radical (unpaired) electrons. The highest BCUT2D eigenvalue weighted by molar-refractivity contribution is 5.63. The first-order chi connectivity index (χ1) is 7.66. The van der Waals surface area contributed by atoms with E-state index in [2.05, 4.69) is 4.98 Å². The molecule has 0 bridgehead atoms. The molecule has 5 heteroatoms. The summed E-state index contributed by atoms with van der Waals surface area (Å²) in [5.41, 5.74) is 1.51. The van der Waals surface area contributed by atoms with Gasteiger partial charge in [0.25, 0.3) is 5.69 Å². The van der Waals surface area contributed by atoms with Crippen LogP contribution in [0, 0.1) is 10.1 Å². The fourth-order valence-electron chi connectivity index (χ4n) is 1.37. The van der Waals surface area contributed by atoms with Gasteiger partial charge in [-0.1, -0.05) is 0 Å². The van der Waals surface area contributed by atoms with E-state index in [1.165, 1.54) is 18.2 Å². The SMILES string of the molecule is O=c1ccc(-c2ccc([N+](=O)[O-])cc2)c[nH]1. The van der Waals surface area contributed by atoms with Gasteiger partial charge in [-0.15, -0.1) is 0 Å². The normalized spacial score (nSPS) is 10.0. The summed E-state index contributed by atoms with van der Waals surface area (Å²) >= 11 is 0. The van der Waals surface area contributed by atoms with Crippen molar-refractivity contribution in [3.63, 3.8) is 0 Å². The monoisotopic (exact) mass is 216 g/mol. The number of nitro groups is 1. The maximum atomic E-state index is 10.9. The van der Waals surface area contributed by atoms with Crippen LogP contribution >= 0.6 is 0 Å². The number of aromatic nitrogens is 1. The third-order valence-corrected chi connectivity index (χ3v) is 2.20. The highest BCUT2D eigenvalue weighted by atomic mass is 16.6. The number of nitrogens with one attached hydrogen (secondary N) is 1. The Labute approximate surface area is 90.5 Å². The van der Waals surface area contributed by atoms with Crippen LogP contribution in [0.4, 0.5) is 5.69 Å². The molecule has 0 fully saturated rings. The molecule has 0 aliphatic heterocycles. The van der Waals surface area contributed by atoms with Gasteiger partial charge in [0.1, 0.15) is 0 Å². The van der Waals surface area contributed by atoms with E-state index in [1.807, 2.05) is 0 Å². The van der Waals surface area contributed by atoms with Gasteiger partial charge in [0.15, 0.2) is 0 Å². The van der Waals surface area contributed by atoms with E-state index in [4.69, 9.17) is 0 Å². The van der Waals surface area contributed by atoms with Crippen LogP contribution in [0.15, 0.2) is 47.4 Å². The van der Waals surface area contributed by atoms with Gasteiger partial charge >= 0.3 is 0 Å². The third-order valence-electron chi connectivity index (χ3n) is 2.20. The van der Waals surface area contributed by atoms with Gasteiger partial charge in [0.2, 0.25) is 5.56 Å². The molecule has 0 aliphatic carbocycles. The summed E-state index contributed by atoms with van der Waals surface area (Å²) in [6.07, 6.45) is 1.57. The second-order valence-corrected chi connectivity index (χ2v) is 3.25. The summed E-state index contributed by atoms with van der Waals surface area (Å²) in [7, 11) is 0. The van der Waals surface area contributed by atoms with Gasteiger partial charge in [0, 0.05) is 24.4 Å². The molecule has 2 rings (SSSR count). The van der Waals surface area contributed by atoms with E-state index in [-0.39, 0.29) is 11.2 Å². The molecule has 0 saturated carbocycles. The highest BCUT2D eigenvalue weighted by Gasteiger charge is 2.04. The van der Waals surface area contributed by atoms with Crippen LogP contribution in [0.3, 0.4) is 0 Å². The Hall–Kier alpha value is -2.43. The van der Waals surface area contributed by atoms with Crippen LogP contribution in [-0.4, -0.2) is 9.91 Å². The van der Waals surface area contributed by atoms with Gasteiger partial charge in [-0.05, 0) is 29.3 Å². The molecule has 1 N–H and O–H groups in total. The predicted molar refractivity (Wildman–Crippen MR) is 59.2 cm³/mol. The van der Waals surface area contributed by atoms with Crippen molar-refractivity contribution in [3.05, 3.63) is 63.1 Å². The van der Waals surface area contributed by atoms with Gasteiger partial charge in [-0.3, -0.25) is 14.9 Å². The quantitative estimate of drug-likeness (QED) is 0.615. The van der Waals surface area contributed by atoms with E-state index >= 15 is 0 Å². The maximum Gasteiger partial charge on any atom is 0.269 e. The zero-order valence-electron chi connectivity index (χ0n) is 8.21. The first-order valence-electron chi connectivity index (χ1n) is 4.60.